The second-order valence-corrected chi connectivity index (χ2v) is 12.5. The molecule has 0 heterocycles. The van der Waals surface area contributed by atoms with E-state index >= 15 is 0 Å². The van der Waals surface area contributed by atoms with Crippen LogP contribution in [0.25, 0.3) is 0 Å². The minimum atomic E-state index is -0.689. The van der Waals surface area contributed by atoms with E-state index in [4.69, 9.17) is 0 Å². The minimum Gasteiger partial charge on any atom is -0.348 e. The molecule has 0 spiro atoms. The summed E-state index contributed by atoms with van der Waals surface area (Å²) in [5, 5.41) is 5.93. The number of nitrogens with one attached hydrogen (secondary N) is 2. The van der Waals surface area contributed by atoms with Crippen LogP contribution >= 0.6 is 0 Å². The standard InChI is InChI=1S/C36H65FN2O2/c1-4-6-8-10-12-14-16-18-20-22-24-27-31(3)35(40)38-33-29-26-30-34(33)39-36(41)32(37)28-25-23-21-19-17-15-13-11-9-7-5-2/h27-28,33-34H,4-26,29-30H2,1-3H3,(H,38,40)(H,39,41). The Kier molecular flexibility index (Phi) is 23.7. The summed E-state index contributed by atoms with van der Waals surface area (Å²) in [4.78, 5) is 25.2. The van der Waals surface area contributed by atoms with Crippen LogP contribution < -0.4 is 10.6 Å². The van der Waals surface area contributed by atoms with Crippen molar-refractivity contribution in [3.05, 3.63) is 23.6 Å². The molecule has 1 aliphatic rings. The number of rotatable bonds is 26. The fourth-order valence-electron chi connectivity index (χ4n) is 5.82. The Hall–Kier alpha value is -1.65. The Morgan fingerprint density at radius 3 is 1.39 bits per heavy atom. The van der Waals surface area contributed by atoms with Crippen LogP contribution in [-0.2, 0) is 9.59 Å². The van der Waals surface area contributed by atoms with Gasteiger partial charge >= 0.3 is 0 Å². The first-order chi connectivity index (χ1) is 20.0. The van der Waals surface area contributed by atoms with E-state index in [9.17, 15) is 14.0 Å². The first-order valence-corrected chi connectivity index (χ1v) is 17.6. The minimum absolute atomic E-state index is 0.0693. The third-order valence-electron chi connectivity index (χ3n) is 8.61. The molecule has 0 saturated heterocycles. The number of carbonyl (C=O) groups is 2. The lowest BCUT2D eigenvalue weighted by molar-refractivity contribution is -0.121. The highest BCUT2D eigenvalue weighted by Crippen LogP contribution is 2.21. The van der Waals surface area contributed by atoms with Crippen LogP contribution in [0.5, 0.6) is 0 Å². The Morgan fingerprint density at radius 1 is 0.585 bits per heavy atom. The number of carbonyl (C=O) groups excluding carboxylic acids is 2. The predicted octanol–water partition coefficient (Wildman–Crippen LogP) is 10.6. The zero-order valence-corrected chi connectivity index (χ0v) is 27.2. The molecule has 2 atom stereocenters. The molecule has 0 radical (unpaired) electrons. The molecule has 1 saturated carbocycles. The van der Waals surface area contributed by atoms with Gasteiger partial charge < -0.3 is 10.6 Å². The third-order valence-corrected chi connectivity index (χ3v) is 8.61. The lowest BCUT2D eigenvalue weighted by atomic mass is 10.1. The zero-order valence-electron chi connectivity index (χ0n) is 27.2. The van der Waals surface area contributed by atoms with E-state index in [1.165, 1.54) is 115 Å². The third kappa shape index (κ3) is 20.0. The summed E-state index contributed by atoms with van der Waals surface area (Å²) < 4.78 is 14.4. The topological polar surface area (TPSA) is 58.2 Å². The smallest absolute Gasteiger partial charge is 0.279 e. The number of hydrogen-bond donors (Lipinski definition) is 2. The predicted molar refractivity (Wildman–Crippen MR) is 174 cm³/mol. The van der Waals surface area contributed by atoms with Crippen molar-refractivity contribution in [2.24, 2.45) is 0 Å². The van der Waals surface area contributed by atoms with E-state index in [1.54, 1.807) is 0 Å². The maximum absolute atomic E-state index is 14.4. The molecule has 1 fully saturated rings. The Labute approximate surface area is 253 Å². The highest BCUT2D eigenvalue weighted by molar-refractivity contribution is 5.93. The average Bonchev–Trinajstić information content (AvgIpc) is 3.40. The Balaban J connectivity index is 2.19. The van der Waals surface area contributed by atoms with Crippen molar-refractivity contribution in [3.8, 4) is 0 Å². The first-order valence-electron chi connectivity index (χ1n) is 17.6. The van der Waals surface area contributed by atoms with Gasteiger partial charge in [-0.25, -0.2) is 4.39 Å². The SMILES string of the molecule is CCCCCCCCCCCCC=C(C)C(=O)NC1CCCC1NC(=O)C(F)=CCCCCCCCCCCCC. The summed E-state index contributed by atoms with van der Waals surface area (Å²) in [6.07, 6.45) is 33.0. The zero-order chi connectivity index (χ0) is 30.0. The fraction of sp³-hybridized carbons (Fsp3) is 0.833. The van der Waals surface area contributed by atoms with Crippen molar-refractivity contribution in [2.45, 2.75) is 193 Å². The average molecular weight is 577 g/mol. The summed E-state index contributed by atoms with van der Waals surface area (Å²) in [5.41, 5.74) is 0.737. The molecule has 1 rings (SSSR count). The summed E-state index contributed by atoms with van der Waals surface area (Å²) in [5.74, 6) is -1.40. The van der Waals surface area contributed by atoms with Crippen LogP contribution in [0.1, 0.15) is 181 Å². The molecular formula is C36H65FN2O2. The van der Waals surface area contributed by atoms with Gasteiger partial charge in [-0.05, 0) is 57.9 Å². The molecule has 0 aromatic carbocycles. The molecule has 2 N–H and O–H groups in total. The van der Waals surface area contributed by atoms with Crippen LogP contribution in [-0.4, -0.2) is 23.9 Å². The van der Waals surface area contributed by atoms with Crippen molar-refractivity contribution in [2.75, 3.05) is 0 Å². The molecule has 0 aromatic heterocycles. The van der Waals surface area contributed by atoms with Gasteiger partial charge in [-0.3, -0.25) is 9.59 Å². The number of unbranched alkanes of at least 4 members (excludes halogenated alkanes) is 20. The summed E-state index contributed by atoms with van der Waals surface area (Å²) in [7, 11) is 0. The second-order valence-electron chi connectivity index (χ2n) is 12.5. The van der Waals surface area contributed by atoms with E-state index in [1.807, 2.05) is 13.0 Å². The quantitative estimate of drug-likeness (QED) is 0.0795. The maximum atomic E-state index is 14.4. The molecule has 41 heavy (non-hydrogen) atoms. The number of halogens is 1. The lowest BCUT2D eigenvalue weighted by Gasteiger charge is -2.22. The van der Waals surface area contributed by atoms with Gasteiger partial charge in [0.15, 0.2) is 5.83 Å². The maximum Gasteiger partial charge on any atom is 0.279 e. The van der Waals surface area contributed by atoms with Crippen molar-refractivity contribution in [3.63, 3.8) is 0 Å². The molecule has 238 valence electrons. The summed E-state index contributed by atoms with van der Waals surface area (Å²) in [6.45, 7) is 6.36. The van der Waals surface area contributed by atoms with Crippen LogP contribution in [0.4, 0.5) is 4.39 Å². The van der Waals surface area contributed by atoms with Gasteiger partial charge in [0.2, 0.25) is 5.91 Å². The highest BCUT2D eigenvalue weighted by Gasteiger charge is 2.30. The number of allylic oxidation sites excluding steroid dienone is 2. The van der Waals surface area contributed by atoms with E-state index in [0.29, 0.717) is 6.42 Å². The van der Waals surface area contributed by atoms with E-state index in [2.05, 4.69) is 24.5 Å². The van der Waals surface area contributed by atoms with E-state index in [0.717, 1.165) is 50.5 Å². The van der Waals surface area contributed by atoms with Crippen molar-refractivity contribution in [1.29, 1.82) is 0 Å². The Morgan fingerprint density at radius 2 is 0.951 bits per heavy atom. The van der Waals surface area contributed by atoms with Gasteiger partial charge in [-0.15, -0.1) is 0 Å². The molecule has 0 aromatic rings. The number of amides is 2. The largest absolute Gasteiger partial charge is 0.348 e. The molecule has 4 nitrogen and oxygen atoms in total. The van der Waals surface area contributed by atoms with Crippen LogP contribution in [0.15, 0.2) is 23.6 Å². The molecule has 1 aliphatic carbocycles. The van der Waals surface area contributed by atoms with Gasteiger partial charge in [0.25, 0.3) is 5.91 Å². The molecule has 0 bridgehead atoms. The van der Waals surface area contributed by atoms with Crippen LogP contribution in [0.3, 0.4) is 0 Å². The highest BCUT2D eigenvalue weighted by atomic mass is 19.1. The molecule has 5 heteroatoms. The first kappa shape index (κ1) is 37.4. The molecule has 2 amide bonds. The number of hydrogen-bond acceptors (Lipinski definition) is 2. The Bertz CT molecular complexity index is 673. The van der Waals surface area contributed by atoms with Crippen molar-refractivity contribution >= 4 is 11.8 Å². The molecule has 0 aliphatic heterocycles. The van der Waals surface area contributed by atoms with Gasteiger partial charge in [0, 0.05) is 17.7 Å². The van der Waals surface area contributed by atoms with Gasteiger partial charge in [-0.1, -0.05) is 135 Å². The second kappa shape index (κ2) is 26.0. The molecule has 2 unspecified atom stereocenters. The fourth-order valence-corrected chi connectivity index (χ4v) is 5.82. The van der Waals surface area contributed by atoms with Crippen LogP contribution in [0.2, 0.25) is 0 Å². The molecular weight excluding hydrogens is 511 g/mol. The van der Waals surface area contributed by atoms with Gasteiger partial charge in [0.05, 0.1) is 0 Å². The monoisotopic (exact) mass is 577 g/mol. The summed E-state index contributed by atoms with van der Waals surface area (Å²) in [6, 6.07) is -0.348. The van der Waals surface area contributed by atoms with E-state index < -0.39 is 11.7 Å². The van der Waals surface area contributed by atoms with Crippen LogP contribution in [0, 0.1) is 0 Å². The summed E-state index contributed by atoms with van der Waals surface area (Å²) >= 11 is 0. The lowest BCUT2D eigenvalue weighted by Crippen LogP contribution is -2.48. The van der Waals surface area contributed by atoms with Crippen molar-refractivity contribution in [1.82, 2.24) is 10.6 Å². The van der Waals surface area contributed by atoms with Gasteiger partial charge in [-0.2, -0.15) is 0 Å². The van der Waals surface area contributed by atoms with Crippen molar-refractivity contribution < 1.29 is 14.0 Å². The normalized spacial score (nSPS) is 17.7. The van der Waals surface area contributed by atoms with E-state index in [-0.39, 0.29) is 18.0 Å². The van der Waals surface area contributed by atoms with Gasteiger partial charge in [0.1, 0.15) is 0 Å².